The Labute approximate surface area is 103 Å². The molecule has 4 aromatic rings. The predicted molar refractivity (Wildman–Crippen MR) is 72.9 cm³/mol. The van der Waals surface area contributed by atoms with Crippen LogP contribution in [0.25, 0.3) is 32.7 Å². The fourth-order valence-electron chi connectivity index (χ4n) is 2.45. The first-order valence-electron chi connectivity index (χ1n) is 5.85. The second-order valence-corrected chi connectivity index (χ2v) is 4.48. The molecule has 0 amide bonds. The summed E-state index contributed by atoms with van der Waals surface area (Å²) in [5.74, 6) is 0.228. The molecule has 86 valence electrons. The Hall–Kier alpha value is -2.48. The van der Waals surface area contributed by atoms with Gasteiger partial charge in [0.05, 0.1) is 0 Å². The third-order valence-electron chi connectivity index (χ3n) is 3.32. The summed E-state index contributed by atoms with van der Waals surface area (Å²) < 4.78 is 5.78. The third kappa shape index (κ3) is 1.23. The van der Waals surface area contributed by atoms with Crippen molar-refractivity contribution in [2.75, 3.05) is 0 Å². The van der Waals surface area contributed by atoms with E-state index in [0.717, 1.165) is 27.3 Å². The van der Waals surface area contributed by atoms with Gasteiger partial charge in [0.25, 0.3) is 0 Å². The van der Waals surface area contributed by atoms with Gasteiger partial charge in [-0.15, -0.1) is 0 Å². The van der Waals surface area contributed by atoms with Crippen LogP contribution in [0.3, 0.4) is 0 Å². The van der Waals surface area contributed by atoms with Crippen molar-refractivity contribution in [2.45, 2.75) is 0 Å². The van der Waals surface area contributed by atoms with Gasteiger partial charge in [-0.2, -0.15) is 0 Å². The van der Waals surface area contributed by atoms with Crippen molar-refractivity contribution in [2.24, 2.45) is 0 Å². The van der Waals surface area contributed by atoms with E-state index in [2.05, 4.69) is 18.2 Å². The van der Waals surface area contributed by atoms with Crippen LogP contribution in [0.4, 0.5) is 0 Å². The minimum atomic E-state index is 0.228. The number of hydrogen-bond acceptors (Lipinski definition) is 2. The van der Waals surface area contributed by atoms with Crippen LogP contribution in [0.2, 0.25) is 0 Å². The van der Waals surface area contributed by atoms with Crippen molar-refractivity contribution in [3.05, 3.63) is 54.6 Å². The first kappa shape index (κ1) is 9.54. The Bertz CT molecular complexity index is 887. The lowest BCUT2D eigenvalue weighted by Crippen LogP contribution is -1.71. The molecule has 0 spiro atoms. The molecule has 0 saturated heterocycles. The van der Waals surface area contributed by atoms with E-state index >= 15 is 0 Å². The second kappa shape index (κ2) is 3.26. The molecule has 18 heavy (non-hydrogen) atoms. The molecule has 0 aliphatic rings. The van der Waals surface area contributed by atoms with Crippen molar-refractivity contribution in [3.63, 3.8) is 0 Å². The molecular weight excluding hydrogens is 224 g/mol. The zero-order chi connectivity index (χ0) is 12.1. The molecule has 0 aliphatic heterocycles. The maximum Gasteiger partial charge on any atom is 0.139 e. The van der Waals surface area contributed by atoms with Crippen LogP contribution in [0.5, 0.6) is 5.75 Å². The quantitative estimate of drug-likeness (QED) is 0.487. The lowest BCUT2D eigenvalue weighted by molar-refractivity contribution is 0.475. The summed E-state index contributed by atoms with van der Waals surface area (Å²) in [6.07, 6.45) is 0. The van der Waals surface area contributed by atoms with E-state index in [-0.39, 0.29) is 5.75 Å². The fourth-order valence-corrected chi connectivity index (χ4v) is 2.45. The molecule has 3 aromatic carbocycles. The van der Waals surface area contributed by atoms with Crippen LogP contribution in [-0.4, -0.2) is 5.11 Å². The van der Waals surface area contributed by atoms with Crippen LogP contribution < -0.4 is 0 Å². The minimum Gasteiger partial charge on any atom is -0.508 e. The van der Waals surface area contributed by atoms with Crippen molar-refractivity contribution in [1.82, 2.24) is 0 Å². The average molecular weight is 234 g/mol. The number of aromatic hydroxyl groups is 1. The van der Waals surface area contributed by atoms with Crippen molar-refractivity contribution < 1.29 is 9.52 Å². The van der Waals surface area contributed by atoms with Gasteiger partial charge in [0.15, 0.2) is 0 Å². The molecule has 1 heterocycles. The molecule has 2 heteroatoms. The number of benzene rings is 3. The topological polar surface area (TPSA) is 33.4 Å². The number of rotatable bonds is 0. The summed E-state index contributed by atoms with van der Waals surface area (Å²) >= 11 is 0. The highest BCUT2D eigenvalue weighted by Gasteiger charge is 2.08. The summed E-state index contributed by atoms with van der Waals surface area (Å²) in [5, 5.41) is 14.0. The van der Waals surface area contributed by atoms with Gasteiger partial charge in [-0.1, -0.05) is 24.3 Å². The molecule has 0 radical (unpaired) electrons. The number of furan rings is 1. The number of phenols is 1. The lowest BCUT2D eigenvalue weighted by Gasteiger charge is -1.96. The molecule has 0 bridgehead atoms. The minimum absolute atomic E-state index is 0.228. The summed E-state index contributed by atoms with van der Waals surface area (Å²) in [5.41, 5.74) is 1.58. The van der Waals surface area contributed by atoms with Gasteiger partial charge in [-0.05, 0) is 35.0 Å². The second-order valence-electron chi connectivity index (χ2n) is 4.48. The number of hydrogen-bond donors (Lipinski definition) is 1. The molecular formula is C16H10O2. The van der Waals surface area contributed by atoms with Crippen LogP contribution in [-0.2, 0) is 0 Å². The summed E-state index contributed by atoms with van der Waals surface area (Å²) in [6.45, 7) is 0. The molecule has 0 atom stereocenters. The van der Waals surface area contributed by atoms with Gasteiger partial charge >= 0.3 is 0 Å². The average Bonchev–Trinajstić information content (AvgIpc) is 2.72. The monoisotopic (exact) mass is 234 g/mol. The molecule has 0 fully saturated rings. The van der Waals surface area contributed by atoms with Gasteiger partial charge < -0.3 is 9.52 Å². The zero-order valence-corrected chi connectivity index (χ0v) is 9.55. The Morgan fingerprint density at radius 2 is 1.44 bits per heavy atom. The normalized spacial score (nSPS) is 11.6. The third-order valence-corrected chi connectivity index (χ3v) is 3.32. The van der Waals surface area contributed by atoms with Crippen LogP contribution in [0, 0.1) is 0 Å². The molecule has 0 saturated carbocycles. The van der Waals surface area contributed by atoms with E-state index in [1.54, 1.807) is 12.1 Å². The Balaban J connectivity index is 2.23. The van der Waals surface area contributed by atoms with E-state index in [0.29, 0.717) is 0 Å². The van der Waals surface area contributed by atoms with Crippen LogP contribution >= 0.6 is 0 Å². The smallest absolute Gasteiger partial charge is 0.139 e. The van der Waals surface area contributed by atoms with E-state index in [1.165, 1.54) is 5.39 Å². The highest BCUT2D eigenvalue weighted by molar-refractivity contribution is 6.10. The SMILES string of the molecule is Oc1ccc2c(c1)oc1cc3ccccc3cc12. The maximum atomic E-state index is 9.48. The van der Waals surface area contributed by atoms with Crippen LogP contribution in [0.15, 0.2) is 59.0 Å². The van der Waals surface area contributed by atoms with Crippen molar-refractivity contribution in [3.8, 4) is 5.75 Å². The highest BCUT2D eigenvalue weighted by atomic mass is 16.3. The standard InChI is InChI=1S/C16H10O2/c17-12-5-6-13-14-7-10-3-1-2-4-11(10)8-15(14)18-16(13)9-12/h1-9,17H. The van der Waals surface area contributed by atoms with E-state index < -0.39 is 0 Å². The first-order chi connectivity index (χ1) is 8.81. The fraction of sp³-hybridized carbons (Fsp3) is 0. The van der Waals surface area contributed by atoms with E-state index in [4.69, 9.17) is 4.42 Å². The molecule has 0 unspecified atom stereocenters. The van der Waals surface area contributed by atoms with Crippen molar-refractivity contribution in [1.29, 1.82) is 0 Å². The van der Waals surface area contributed by atoms with Gasteiger partial charge in [-0.3, -0.25) is 0 Å². The van der Waals surface area contributed by atoms with Gasteiger partial charge in [-0.25, -0.2) is 0 Å². The van der Waals surface area contributed by atoms with Gasteiger partial charge in [0.2, 0.25) is 0 Å². The summed E-state index contributed by atoms with van der Waals surface area (Å²) in [6, 6.07) is 17.6. The summed E-state index contributed by atoms with van der Waals surface area (Å²) in [4.78, 5) is 0. The molecule has 1 aromatic heterocycles. The van der Waals surface area contributed by atoms with Crippen LogP contribution in [0.1, 0.15) is 0 Å². The van der Waals surface area contributed by atoms with Gasteiger partial charge in [0, 0.05) is 16.8 Å². The highest BCUT2D eigenvalue weighted by Crippen LogP contribution is 2.33. The molecule has 1 N–H and O–H groups in total. The molecule has 2 nitrogen and oxygen atoms in total. The summed E-state index contributed by atoms with van der Waals surface area (Å²) in [7, 11) is 0. The van der Waals surface area contributed by atoms with Crippen molar-refractivity contribution >= 4 is 32.7 Å². The number of fused-ring (bicyclic) bond motifs is 4. The Morgan fingerprint density at radius 1 is 0.722 bits per heavy atom. The Morgan fingerprint density at radius 3 is 2.28 bits per heavy atom. The first-order valence-corrected chi connectivity index (χ1v) is 5.85. The molecule has 0 aliphatic carbocycles. The van der Waals surface area contributed by atoms with E-state index in [9.17, 15) is 5.11 Å². The maximum absolute atomic E-state index is 9.48. The predicted octanol–water partition coefficient (Wildman–Crippen LogP) is 4.44. The zero-order valence-electron chi connectivity index (χ0n) is 9.55. The molecule has 4 rings (SSSR count). The van der Waals surface area contributed by atoms with E-state index in [1.807, 2.05) is 24.3 Å². The largest absolute Gasteiger partial charge is 0.508 e. The lowest BCUT2D eigenvalue weighted by atomic mass is 10.1. The number of phenolic OH excluding ortho intramolecular Hbond substituents is 1. The Kier molecular flexibility index (Phi) is 1.73. The van der Waals surface area contributed by atoms with Gasteiger partial charge in [0.1, 0.15) is 16.9 Å².